The molecule has 0 nitrogen and oxygen atoms in total. The number of hydrogen-bond donors (Lipinski definition) is 0. The van der Waals surface area contributed by atoms with Crippen LogP contribution in [-0.4, -0.2) is 32.6 Å². The van der Waals surface area contributed by atoms with E-state index in [1.807, 2.05) is 41.5 Å². The van der Waals surface area contributed by atoms with Crippen molar-refractivity contribution < 1.29 is 0 Å². The fraction of sp³-hybridized carbons (Fsp3) is 0.833. The highest BCUT2D eigenvalue weighted by Gasteiger charge is 2.31. The Morgan fingerprint density at radius 2 is 1.36 bits per heavy atom. The molecule has 0 aliphatic carbocycles. The smallest absolute Gasteiger partial charge is 0.131 e. The van der Waals surface area contributed by atoms with Crippen LogP contribution < -0.4 is 0 Å². The maximum Gasteiger partial charge on any atom is 0.147 e. The van der Waals surface area contributed by atoms with E-state index in [9.17, 15) is 0 Å². The largest absolute Gasteiger partial charge is 0.147 e. The molecule has 0 heterocycles. The summed E-state index contributed by atoms with van der Waals surface area (Å²) >= 11 is 12.4. The van der Waals surface area contributed by atoms with E-state index < -0.39 is 0 Å². The Morgan fingerprint density at radius 1 is 1.00 bits per heavy atom. The van der Waals surface area contributed by atoms with E-state index >= 15 is 0 Å². The first-order chi connectivity index (χ1) is 5.16. The van der Waals surface area contributed by atoms with Gasteiger partial charge < -0.3 is 0 Å². The van der Waals surface area contributed by atoms with Gasteiger partial charge >= 0.3 is 0 Å². The van der Waals surface area contributed by atoms with E-state index in [-0.39, 0.29) is 3.41 Å². The van der Waals surface area contributed by atoms with Crippen LogP contribution in [-0.2, 0) is 0 Å². The summed E-state index contributed by atoms with van der Waals surface area (Å²) in [5.41, 5.74) is 0. The Balaban J connectivity index is 4.39. The zero-order valence-electron chi connectivity index (χ0n) is 7.04. The molecule has 11 heavy (non-hydrogen) atoms. The highest BCUT2D eigenvalue weighted by Crippen LogP contribution is 2.46. The fourth-order valence-electron chi connectivity index (χ4n) is 0.625. The molecule has 0 aromatic rings. The SMILES string of the molecule is CSC(=S)C(SC)(SC)SC. The lowest BCUT2D eigenvalue weighted by atomic mass is 10.9. The van der Waals surface area contributed by atoms with Gasteiger partial charge in [0, 0.05) is 0 Å². The Hall–Kier alpha value is 1.49. The molecule has 0 aliphatic rings. The lowest BCUT2D eigenvalue weighted by molar-refractivity contribution is 1.77. The molecule has 5 heteroatoms. The van der Waals surface area contributed by atoms with Gasteiger partial charge in [0.2, 0.25) is 0 Å². The zero-order valence-corrected chi connectivity index (χ0v) is 11.1. The molecule has 0 atom stereocenters. The van der Waals surface area contributed by atoms with Crippen LogP contribution in [0.5, 0.6) is 0 Å². The van der Waals surface area contributed by atoms with E-state index in [1.54, 1.807) is 11.8 Å². The summed E-state index contributed by atoms with van der Waals surface area (Å²) < 4.78 is 1.15. The molecule has 0 rings (SSSR count). The first-order valence-electron chi connectivity index (χ1n) is 2.90. The standard InChI is InChI=1S/C6H12S5/c1-8-5(7)6(9-2,10-3)11-4/h1-4H3. The van der Waals surface area contributed by atoms with Crippen LogP contribution in [0.1, 0.15) is 0 Å². The summed E-state index contributed by atoms with van der Waals surface area (Å²) in [7, 11) is 0. The highest BCUT2D eigenvalue weighted by atomic mass is 32.3. The second-order valence-corrected chi connectivity index (χ2v) is 6.98. The summed E-state index contributed by atoms with van der Waals surface area (Å²) in [5.74, 6) is 0. The van der Waals surface area contributed by atoms with Gasteiger partial charge in [0.1, 0.15) is 3.41 Å². The molecule has 0 radical (unpaired) electrons. The van der Waals surface area contributed by atoms with Crippen molar-refractivity contribution >= 4 is 63.5 Å². The predicted octanol–water partition coefficient (Wildman–Crippen LogP) is 3.42. The summed E-state index contributed by atoms with van der Waals surface area (Å²) in [5, 5.41) is 0. The second kappa shape index (κ2) is 6.02. The van der Waals surface area contributed by atoms with Crippen molar-refractivity contribution in [3.8, 4) is 0 Å². The first-order valence-corrected chi connectivity index (χ1v) is 8.21. The minimum atomic E-state index is 0.0781. The maximum atomic E-state index is 5.29. The molecule has 0 aliphatic heterocycles. The van der Waals surface area contributed by atoms with E-state index in [1.165, 1.54) is 0 Å². The van der Waals surface area contributed by atoms with Crippen molar-refractivity contribution in [2.45, 2.75) is 3.41 Å². The summed E-state index contributed by atoms with van der Waals surface area (Å²) in [6.07, 6.45) is 8.36. The minimum Gasteiger partial charge on any atom is -0.131 e. The summed E-state index contributed by atoms with van der Waals surface area (Å²) in [6, 6.07) is 0. The molecule has 0 aromatic heterocycles. The third kappa shape index (κ3) is 3.03. The molecule has 0 aromatic carbocycles. The Morgan fingerprint density at radius 3 is 1.45 bits per heavy atom. The number of hydrogen-bond acceptors (Lipinski definition) is 5. The average molecular weight is 244 g/mol. The lowest BCUT2D eigenvalue weighted by Crippen LogP contribution is -2.22. The van der Waals surface area contributed by atoms with E-state index in [0.717, 1.165) is 4.20 Å². The molecule has 0 amide bonds. The third-order valence-corrected chi connectivity index (χ3v) is 8.72. The van der Waals surface area contributed by atoms with Crippen LogP contribution in [0.15, 0.2) is 0 Å². The van der Waals surface area contributed by atoms with Crippen LogP contribution in [0, 0.1) is 0 Å². The van der Waals surface area contributed by atoms with Crippen LogP contribution in [0.4, 0.5) is 0 Å². The zero-order chi connectivity index (χ0) is 8.91. The van der Waals surface area contributed by atoms with Crippen molar-refractivity contribution in [1.29, 1.82) is 0 Å². The van der Waals surface area contributed by atoms with Crippen LogP contribution in [0.2, 0.25) is 0 Å². The monoisotopic (exact) mass is 244 g/mol. The number of rotatable bonds is 4. The molecular weight excluding hydrogens is 232 g/mol. The topological polar surface area (TPSA) is 0 Å². The maximum absolute atomic E-state index is 5.29. The highest BCUT2D eigenvalue weighted by molar-refractivity contribution is 8.40. The first kappa shape index (κ1) is 12.5. The van der Waals surface area contributed by atoms with Gasteiger partial charge in [-0.1, -0.05) is 12.2 Å². The number of thioether (sulfide) groups is 4. The van der Waals surface area contributed by atoms with Crippen LogP contribution in [0.25, 0.3) is 0 Å². The van der Waals surface area contributed by atoms with E-state index in [4.69, 9.17) is 12.2 Å². The molecule has 0 unspecified atom stereocenters. The average Bonchev–Trinajstić information content (AvgIpc) is 2.08. The van der Waals surface area contributed by atoms with Crippen LogP contribution >= 0.6 is 59.3 Å². The van der Waals surface area contributed by atoms with Gasteiger partial charge in [0.15, 0.2) is 0 Å². The minimum absolute atomic E-state index is 0.0781. The quantitative estimate of drug-likeness (QED) is 0.547. The van der Waals surface area contributed by atoms with Gasteiger partial charge in [0.25, 0.3) is 0 Å². The van der Waals surface area contributed by atoms with Crippen molar-refractivity contribution in [3.05, 3.63) is 0 Å². The molecule has 0 fully saturated rings. The molecular formula is C6H12S5. The Kier molecular flexibility index (Phi) is 6.84. The molecule has 0 N–H and O–H groups in total. The molecule has 0 saturated carbocycles. The Labute approximate surface area is 91.4 Å². The van der Waals surface area contributed by atoms with Crippen molar-refractivity contribution in [1.82, 2.24) is 0 Å². The van der Waals surface area contributed by atoms with Gasteiger partial charge in [-0.3, -0.25) is 0 Å². The second-order valence-electron chi connectivity index (χ2n) is 1.66. The van der Waals surface area contributed by atoms with Crippen molar-refractivity contribution in [3.63, 3.8) is 0 Å². The Bertz CT molecular complexity index is 121. The normalized spacial score (nSPS) is 11.6. The van der Waals surface area contributed by atoms with Gasteiger partial charge in [-0.2, -0.15) is 0 Å². The fourth-order valence-corrected chi connectivity index (χ4v) is 5.62. The van der Waals surface area contributed by atoms with Gasteiger partial charge in [-0.25, -0.2) is 0 Å². The lowest BCUT2D eigenvalue weighted by Gasteiger charge is -2.27. The molecule has 0 bridgehead atoms. The van der Waals surface area contributed by atoms with Crippen molar-refractivity contribution in [2.75, 3.05) is 25.0 Å². The predicted molar refractivity (Wildman–Crippen MR) is 69.4 cm³/mol. The molecule has 0 saturated heterocycles. The summed E-state index contributed by atoms with van der Waals surface area (Å²) in [4.78, 5) is 0. The van der Waals surface area contributed by atoms with E-state index in [0.29, 0.717) is 0 Å². The van der Waals surface area contributed by atoms with E-state index in [2.05, 4.69) is 18.8 Å². The van der Waals surface area contributed by atoms with Gasteiger partial charge in [0.05, 0.1) is 4.20 Å². The number of thiocarbonyl (C=S) groups is 1. The van der Waals surface area contributed by atoms with Gasteiger partial charge in [-0.15, -0.1) is 47.0 Å². The third-order valence-electron chi connectivity index (χ3n) is 1.24. The van der Waals surface area contributed by atoms with Gasteiger partial charge in [-0.05, 0) is 25.0 Å². The summed E-state index contributed by atoms with van der Waals surface area (Å²) in [6.45, 7) is 0. The molecule has 0 spiro atoms. The van der Waals surface area contributed by atoms with Crippen molar-refractivity contribution in [2.24, 2.45) is 0 Å². The molecule has 66 valence electrons. The van der Waals surface area contributed by atoms with Crippen LogP contribution in [0.3, 0.4) is 0 Å².